The molecule has 1 heterocycles. The average Bonchev–Trinajstić information content (AvgIpc) is 2.37. The number of benzene rings is 1. The van der Waals surface area contributed by atoms with Gasteiger partial charge in [0.25, 0.3) is 5.91 Å². The lowest BCUT2D eigenvalue weighted by Gasteiger charge is -2.07. The van der Waals surface area contributed by atoms with Gasteiger partial charge in [0.15, 0.2) is 0 Å². The topological polar surface area (TPSA) is 42.0 Å². The summed E-state index contributed by atoms with van der Waals surface area (Å²) in [5.74, 6) is -0.188. The molecule has 6 heteroatoms. The van der Waals surface area contributed by atoms with E-state index in [9.17, 15) is 4.79 Å². The van der Waals surface area contributed by atoms with Gasteiger partial charge in [-0.05, 0) is 52.7 Å². The number of hydrogen-bond acceptors (Lipinski definition) is 2. The number of pyridine rings is 1. The van der Waals surface area contributed by atoms with Gasteiger partial charge in [-0.25, -0.2) is 4.98 Å². The van der Waals surface area contributed by atoms with Crippen molar-refractivity contribution in [1.82, 2.24) is 4.98 Å². The van der Waals surface area contributed by atoms with Crippen LogP contribution in [0.3, 0.4) is 0 Å². The molecule has 0 unspecified atom stereocenters. The number of nitrogens with zero attached hydrogens (tertiary/aromatic N) is 1. The Balaban J connectivity index is 2.20. The summed E-state index contributed by atoms with van der Waals surface area (Å²) in [5.41, 5.74) is 2.18. The summed E-state index contributed by atoms with van der Waals surface area (Å²) in [5, 5.41) is 3.13. The number of amides is 1. The fourth-order valence-electron chi connectivity index (χ4n) is 1.48. The molecule has 2 aromatic rings. The van der Waals surface area contributed by atoms with Gasteiger partial charge in [-0.1, -0.05) is 27.5 Å². The molecular weight excluding hydrogens is 395 g/mol. The van der Waals surface area contributed by atoms with Crippen molar-refractivity contribution in [3.05, 3.63) is 55.7 Å². The zero-order chi connectivity index (χ0) is 14.0. The first-order valence-electron chi connectivity index (χ1n) is 5.36. The van der Waals surface area contributed by atoms with Gasteiger partial charge < -0.3 is 5.32 Å². The summed E-state index contributed by atoms with van der Waals surface area (Å²) in [6.07, 6.45) is 1.51. The number of hydrogen-bond donors (Lipinski definition) is 1. The van der Waals surface area contributed by atoms with Gasteiger partial charge in [0.2, 0.25) is 0 Å². The van der Waals surface area contributed by atoms with Crippen LogP contribution >= 0.6 is 43.5 Å². The highest BCUT2D eigenvalue weighted by molar-refractivity contribution is 9.10. The zero-order valence-corrected chi connectivity index (χ0v) is 13.8. The third kappa shape index (κ3) is 3.55. The van der Waals surface area contributed by atoms with Crippen molar-refractivity contribution in [3.8, 4) is 0 Å². The average molecular weight is 404 g/mol. The van der Waals surface area contributed by atoms with Gasteiger partial charge in [0.1, 0.15) is 5.15 Å². The lowest BCUT2D eigenvalue weighted by molar-refractivity contribution is 0.102. The van der Waals surface area contributed by atoms with Gasteiger partial charge in [-0.2, -0.15) is 0 Å². The zero-order valence-electron chi connectivity index (χ0n) is 9.88. The first kappa shape index (κ1) is 14.5. The first-order chi connectivity index (χ1) is 8.97. The minimum absolute atomic E-state index is 0.188. The summed E-state index contributed by atoms with van der Waals surface area (Å²) in [6, 6.07) is 7.13. The van der Waals surface area contributed by atoms with Gasteiger partial charge in [0.05, 0.1) is 16.4 Å². The summed E-state index contributed by atoms with van der Waals surface area (Å²) in [7, 11) is 0. The van der Waals surface area contributed by atoms with Crippen LogP contribution in [0.25, 0.3) is 0 Å². The van der Waals surface area contributed by atoms with Gasteiger partial charge >= 0.3 is 0 Å². The molecule has 98 valence electrons. The van der Waals surface area contributed by atoms with Gasteiger partial charge in [-0.3, -0.25) is 4.79 Å². The molecular formula is C13H9Br2ClN2O. The van der Waals surface area contributed by atoms with Gasteiger partial charge in [0, 0.05) is 10.0 Å². The van der Waals surface area contributed by atoms with Crippen molar-refractivity contribution in [2.24, 2.45) is 0 Å². The lowest BCUT2D eigenvalue weighted by atomic mass is 10.1. The number of carbonyl (C=O) groups is 1. The normalized spacial score (nSPS) is 10.3. The predicted molar refractivity (Wildman–Crippen MR) is 83.8 cm³/mol. The highest BCUT2D eigenvalue weighted by atomic mass is 79.9. The van der Waals surface area contributed by atoms with E-state index in [4.69, 9.17) is 11.6 Å². The maximum atomic E-state index is 12.1. The summed E-state index contributed by atoms with van der Waals surface area (Å²) in [6.45, 7) is 1.93. The van der Waals surface area contributed by atoms with Crippen LogP contribution in [0.15, 0.2) is 39.4 Å². The minimum atomic E-state index is -0.188. The number of rotatable bonds is 2. The Morgan fingerprint density at radius 1 is 1.26 bits per heavy atom. The highest BCUT2D eigenvalue weighted by Crippen LogP contribution is 2.23. The smallest absolute Gasteiger partial charge is 0.255 e. The summed E-state index contributed by atoms with van der Waals surface area (Å²) < 4.78 is 1.61. The molecule has 1 aromatic heterocycles. The van der Waals surface area contributed by atoms with Crippen LogP contribution in [0, 0.1) is 6.92 Å². The molecule has 0 saturated heterocycles. The second kappa shape index (κ2) is 6.03. The van der Waals surface area contributed by atoms with Gasteiger partial charge in [-0.15, -0.1) is 0 Å². The minimum Gasteiger partial charge on any atom is -0.321 e. The number of carbonyl (C=O) groups excluding carboxylic acids is 1. The molecule has 0 saturated carbocycles. The van der Waals surface area contributed by atoms with E-state index in [1.807, 2.05) is 19.1 Å². The fourth-order valence-corrected chi connectivity index (χ4v) is 2.18. The maximum Gasteiger partial charge on any atom is 0.255 e. The molecule has 0 bridgehead atoms. The number of nitrogens with one attached hydrogen (secondary N) is 1. The molecule has 19 heavy (non-hydrogen) atoms. The van der Waals surface area contributed by atoms with Crippen molar-refractivity contribution in [2.75, 3.05) is 5.32 Å². The second-order valence-electron chi connectivity index (χ2n) is 3.91. The van der Waals surface area contributed by atoms with Crippen LogP contribution < -0.4 is 5.32 Å². The van der Waals surface area contributed by atoms with Crippen LogP contribution in [0.1, 0.15) is 15.9 Å². The Morgan fingerprint density at radius 2 is 2.00 bits per heavy atom. The van der Waals surface area contributed by atoms with E-state index in [0.717, 1.165) is 10.0 Å². The Morgan fingerprint density at radius 3 is 2.63 bits per heavy atom. The van der Waals surface area contributed by atoms with Crippen molar-refractivity contribution in [1.29, 1.82) is 0 Å². The number of aromatic nitrogens is 1. The maximum absolute atomic E-state index is 12.1. The van der Waals surface area contributed by atoms with Crippen molar-refractivity contribution in [3.63, 3.8) is 0 Å². The van der Waals surface area contributed by atoms with E-state index in [1.165, 1.54) is 6.20 Å². The standard InChI is InChI=1S/C13H9Br2ClN2O/c1-7-4-8(2-3-10(7)14)13(19)18-9-5-11(15)12(16)17-6-9/h2-6H,1H3,(H,18,19). The summed E-state index contributed by atoms with van der Waals surface area (Å²) >= 11 is 12.5. The summed E-state index contributed by atoms with van der Waals surface area (Å²) in [4.78, 5) is 16.0. The lowest BCUT2D eigenvalue weighted by Crippen LogP contribution is -2.12. The predicted octanol–water partition coefficient (Wildman–Crippen LogP) is 4.82. The fraction of sp³-hybridized carbons (Fsp3) is 0.0769. The Labute approximate surface area is 132 Å². The van der Waals surface area contributed by atoms with Crippen LogP contribution in [0.2, 0.25) is 5.15 Å². The van der Waals surface area contributed by atoms with E-state index in [0.29, 0.717) is 20.9 Å². The molecule has 0 atom stereocenters. The molecule has 3 nitrogen and oxygen atoms in total. The van der Waals surface area contributed by atoms with E-state index >= 15 is 0 Å². The van der Waals surface area contributed by atoms with E-state index in [1.54, 1.807) is 12.1 Å². The molecule has 0 spiro atoms. The SMILES string of the molecule is Cc1cc(C(=O)Nc2cnc(Cl)c(Br)c2)ccc1Br. The largest absolute Gasteiger partial charge is 0.321 e. The quantitative estimate of drug-likeness (QED) is 0.729. The molecule has 1 aromatic carbocycles. The number of aryl methyl sites for hydroxylation is 1. The molecule has 2 rings (SSSR count). The second-order valence-corrected chi connectivity index (χ2v) is 5.98. The van der Waals surface area contributed by atoms with E-state index < -0.39 is 0 Å². The van der Waals surface area contributed by atoms with E-state index in [-0.39, 0.29) is 5.91 Å². The highest BCUT2D eigenvalue weighted by Gasteiger charge is 2.09. The Hall–Kier alpha value is -0.910. The van der Waals surface area contributed by atoms with Crippen molar-refractivity contribution in [2.45, 2.75) is 6.92 Å². The number of halogens is 3. The van der Waals surface area contributed by atoms with Crippen LogP contribution in [0.5, 0.6) is 0 Å². The third-order valence-electron chi connectivity index (χ3n) is 2.47. The molecule has 0 aliphatic heterocycles. The van der Waals surface area contributed by atoms with Crippen LogP contribution in [-0.4, -0.2) is 10.9 Å². The van der Waals surface area contributed by atoms with Crippen LogP contribution in [0.4, 0.5) is 5.69 Å². The molecule has 0 radical (unpaired) electrons. The van der Waals surface area contributed by atoms with Crippen molar-refractivity contribution >= 4 is 55.1 Å². The molecule has 1 N–H and O–H groups in total. The Kier molecular flexibility index (Phi) is 4.60. The molecule has 0 aliphatic rings. The van der Waals surface area contributed by atoms with Crippen molar-refractivity contribution < 1.29 is 4.79 Å². The number of anilines is 1. The third-order valence-corrected chi connectivity index (χ3v) is 4.50. The van der Waals surface area contributed by atoms with E-state index in [2.05, 4.69) is 42.2 Å². The first-order valence-corrected chi connectivity index (χ1v) is 7.32. The molecule has 1 amide bonds. The Bertz CT molecular complexity index is 647. The van der Waals surface area contributed by atoms with Crippen LogP contribution in [-0.2, 0) is 0 Å². The molecule has 0 fully saturated rings. The monoisotopic (exact) mass is 402 g/mol. The molecule has 0 aliphatic carbocycles.